The maximum Gasteiger partial charge on any atom is 0.0139 e. The van der Waals surface area contributed by atoms with Gasteiger partial charge in [0.15, 0.2) is 0 Å². The highest BCUT2D eigenvalue weighted by Crippen LogP contribution is 2.40. The van der Waals surface area contributed by atoms with Crippen LogP contribution in [0, 0.1) is 11.3 Å². The number of rotatable bonds is 5. The Morgan fingerprint density at radius 1 is 1.18 bits per heavy atom. The number of nitrogens with one attached hydrogen (secondary N) is 1. The molecule has 0 aromatic rings. The van der Waals surface area contributed by atoms with Crippen LogP contribution in [0.4, 0.5) is 0 Å². The van der Waals surface area contributed by atoms with Crippen molar-refractivity contribution in [3.63, 3.8) is 0 Å². The number of hydrogen-bond donors (Lipinski definition) is 1. The van der Waals surface area contributed by atoms with Gasteiger partial charge in [-0.25, -0.2) is 0 Å². The van der Waals surface area contributed by atoms with Crippen LogP contribution in [0.1, 0.15) is 66.7 Å². The molecule has 1 saturated carbocycles. The molecular formula is C16H31N. The van der Waals surface area contributed by atoms with Crippen molar-refractivity contribution in [1.29, 1.82) is 0 Å². The Hall–Kier alpha value is -0.300. The third-order valence-electron chi connectivity index (χ3n) is 4.66. The van der Waals surface area contributed by atoms with E-state index in [2.05, 4.69) is 46.0 Å². The average molecular weight is 237 g/mol. The van der Waals surface area contributed by atoms with Crippen molar-refractivity contribution in [2.24, 2.45) is 11.3 Å². The number of hydrogen-bond acceptors (Lipinski definition) is 1. The van der Waals surface area contributed by atoms with Gasteiger partial charge in [-0.15, -0.1) is 0 Å². The molecular weight excluding hydrogens is 206 g/mol. The van der Waals surface area contributed by atoms with Crippen LogP contribution < -0.4 is 5.32 Å². The minimum atomic E-state index is 0.547. The highest BCUT2D eigenvalue weighted by atomic mass is 14.9. The monoisotopic (exact) mass is 237 g/mol. The Labute approximate surface area is 108 Å². The lowest BCUT2D eigenvalue weighted by molar-refractivity contribution is 0.138. The molecule has 1 nitrogen and oxygen atoms in total. The summed E-state index contributed by atoms with van der Waals surface area (Å²) in [6, 6.07) is 0.759. The van der Waals surface area contributed by atoms with Crippen LogP contribution in [0.5, 0.6) is 0 Å². The quantitative estimate of drug-likeness (QED) is 0.692. The van der Waals surface area contributed by atoms with E-state index in [-0.39, 0.29) is 0 Å². The topological polar surface area (TPSA) is 12.0 Å². The molecule has 100 valence electrons. The predicted molar refractivity (Wildman–Crippen MR) is 77.3 cm³/mol. The first kappa shape index (κ1) is 14.8. The minimum Gasteiger partial charge on any atom is -0.311 e. The van der Waals surface area contributed by atoms with E-state index in [1.54, 1.807) is 0 Å². The lowest BCUT2D eigenvalue weighted by Crippen LogP contribution is -2.36. The Kier molecular flexibility index (Phi) is 5.72. The van der Waals surface area contributed by atoms with Crippen molar-refractivity contribution < 1.29 is 0 Å². The van der Waals surface area contributed by atoms with Gasteiger partial charge < -0.3 is 5.32 Å². The fourth-order valence-electron chi connectivity index (χ4n) is 2.80. The normalized spacial score (nSPS) is 25.7. The molecule has 1 fully saturated rings. The SMILES string of the molecule is CCC(C)(C)C1CCC(NCC=C(C)C)CC1. The largest absolute Gasteiger partial charge is 0.311 e. The molecule has 0 unspecified atom stereocenters. The van der Waals surface area contributed by atoms with Gasteiger partial charge in [-0.05, 0) is 50.9 Å². The van der Waals surface area contributed by atoms with Crippen LogP contribution in [0.2, 0.25) is 0 Å². The first-order valence-corrected chi connectivity index (χ1v) is 7.32. The van der Waals surface area contributed by atoms with Crippen molar-refractivity contribution >= 4 is 0 Å². The summed E-state index contributed by atoms with van der Waals surface area (Å²) in [6.45, 7) is 12.6. The van der Waals surface area contributed by atoms with Crippen LogP contribution >= 0.6 is 0 Å². The minimum absolute atomic E-state index is 0.547. The van der Waals surface area contributed by atoms with Gasteiger partial charge >= 0.3 is 0 Å². The molecule has 0 saturated heterocycles. The molecule has 17 heavy (non-hydrogen) atoms. The third-order valence-corrected chi connectivity index (χ3v) is 4.66. The smallest absolute Gasteiger partial charge is 0.0139 e. The second kappa shape index (κ2) is 6.58. The third kappa shape index (κ3) is 4.83. The van der Waals surface area contributed by atoms with Gasteiger partial charge in [-0.2, -0.15) is 0 Å². The molecule has 0 aromatic heterocycles. The molecule has 0 aromatic carbocycles. The summed E-state index contributed by atoms with van der Waals surface area (Å²) in [5.74, 6) is 0.939. The first-order valence-electron chi connectivity index (χ1n) is 7.32. The summed E-state index contributed by atoms with van der Waals surface area (Å²) in [4.78, 5) is 0. The average Bonchev–Trinajstić information content (AvgIpc) is 2.29. The molecule has 1 rings (SSSR count). The Morgan fingerprint density at radius 3 is 2.24 bits per heavy atom. The molecule has 0 atom stereocenters. The van der Waals surface area contributed by atoms with E-state index in [0.717, 1.165) is 18.5 Å². The fraction of sp³-hybridized carbons (Fsp3) is 0.875. The molecule has 0 aliphatic heterocycles. The van der Waals surface area contributed by atoms with Crippen LogP contribution in [0.3, 0.4) is 0 Å². The van der Waals surface area contributed by atoms with E-state index in [4.69, 9.17) is 0 Å². The molecule has 0 heterocycles. The molecule has 1 aliphatic carbocycles. The Morgan fingerprint density at radius 2 is 1.76 bits per heavy atom. The first-order chi connectivity index (χ1) is 7.95. The van der Waals surface area contributed by atoms with Gasteiger partial charge in [-0.3, -0.25) is 0 Å². The van der Waals surface area contributed by atoms with Crippen molar-refractivity contribution in [3.8, 4) is 0 Å². The zero-order valence-electron chi connectivity index (χ0n) is 12.5. The second-order valence-electron chi connectivity index (χ2n) is 6.58. The van der Waals surface area contributed by atoms with Gasteiger partial charge in [0.1, 0.15) is 0 Å². The molecule has 1 N–H and O–H groups in total. The fourth-order valence-corrected chi connectivity index (χ4v) is 2.80. The summed E-state index contributed by atoms with van der Waals surface area (Å²) < 4.78 is 0. The van der Waals surface area contributed by atoms with Gasteiger partial charge in [0.2, 0.25) is 0 Å². The standard InChI is InChI=1S/C16H31N/c1-6-16(4,5)14-7-9-15(10-8-14)17-12-11-13(2)3/h11,14-15,17H,6-10,12H2,1-5H3. The van der Waals surface area contributed by atoms with Crippen molar-refractivity contribution in [2.45, 2.75) is 72.8 Å². The molecule has 0 spiro atoms. The number of allylic oxidation sites excluding steroid dienone is 1. The lowest BCUT2D eigenvalue weighted by Gasteiger charge is -2.39. The molecule has 1 heteroatoms. The highest BCUT2D eigenvalue weighted by Gasteiger charge is 2.31. The van der Waals surface area contributed by atoms with Crippen molar-refractivity contribution in [3.05, 3.63) is 11.6 Å². The Bertz CT molecular complexity index is 240. The zero-order chi connectivity index (χ0) is 12.9. The molecule has 0 radical (unpaired) electrons. The van der Waals surface area contributed by atoms with Gasteiger partial charge in [0.05, 0.1) is 0 Å². The van der Waals surface area contributed by atoms with E-state index in [1.165, 1.54) is 37.7 Å². The molecule has 0 amide bonds. The summed E-state index contributed by atoms with van der Waals surface area (Å²) in [5.41, 5.74) is 1.96. The van der Waals surface area contributed by atoms with E-state index >= 15 is 0 Å². The summed E-state index contributed by atoms with van der Waals surface area (Å²) >= 11 is 0. The molecule has 0 bridgehead atoms. The summed E-state index contributed by atoms with van der Waals surface area (Å²) in [6.07, 6.45) is 9.16. The second-order valence-corrected chi connectivity index (χ2v) is 6.58. The Balaban J connectivity index is 2.29. The van der Waals surface area contributed by atoms with Gasteiger partial charge in [0, 0.05) is 12.6 Å². The van der Waals surface area contributed by atoms with Crippen LogP contribution in [-0.4, -0.2) is 12.6 Å². The maximum atomic E-state index is 3.67. The summed E-state index contributed by atoms with van der Waals surface area (Å²) in [5, 5.41) is 3.67. The molecule has 1 aliphatic rings. The van der Waals surface area contributed by atoms with Crippen molar-refractivity contribution in [1.82, 2.24) is 5.32 Å². The van der Waals surface area contributed by atoms with Crippen LogP contribution in [-0.2, 0) is 0 Å². The van der Waals surface area contributed by atoms with E-state index in [9.17, 15) is 0 Å². The lowest BCUT2D eigenvalue weighted by atomic mass is 9.69. The maximum absolute atomic E-state index is 3.67. The van der Waals surface area contributed by atoms with E-state index < -0.39 is 0 Å². The van der Waals surface area contributed by atoms with Gasteiger partial charge in [-0.1, -0.05) is 38.8 Å². The van der Waals surface area contributed by atoms with E-state index in [1.807, 2.05) is 0 Å². The van der Waals surface area contributed by atoms with Gasteiger partial charge in [0.25, 0.3) is 0 Å². The zero-order valence-corrected chi connectivity index (χ0v) is 12.5. The van der Waals surface area contributed by atoms with E-state index in [0.29, 0.717) is 5.41 Å². The predicted octanol–water partition coefficient (Wildman–Crippen LogP) is 4.54. The highest BCUT2D eigenvalue weighted by molar-refractivity contribution is 4.95. The van der Waals surface area contributed by atoms with Crippen LogP contribution in [0.15, 0.2) is 11.6 Å². The van der Waals surface area contributed by atoms with Crippen molar-refractivity contribution in [2.75, 3.05) is 6.54 Å². The van der Waals surface area contributed by atoms with Crippen LogP contribution in [0.25, 0.3) is 0 Å². The summed E-state index contributed by atoms with van der Waals surface area (Å²) in [7, 11) is 0.